The number of carbonyl (C=O) groups is 4. The van der Waals surface area contributed by atoms with Gasteiger partial charge in [0, 0.05) is 49.7 Å². The van der Waals surface area contributed by atoms with Crippen molar-refractivity contribution in [2.24, 2.45) is 0 Å². The van der Waals surface area contributed by atoms with Crippen molar-refractivity contribution in [3.05, 3.63) is 53.7 Å². The average molecular weight is 609 g/mol. The van der Waals surface area contributed by atoms with E-state index in [9.17, 15) is 19.2 Å². The SMILES string of the molecule is CCOC(=O)N1CCN(C(=O)C(CCC(=O)OC(C)(C)C)NC(=O)c2cc(-c3nccs3)nc(-c3ccccc3)n2)CC1. The van der Waals surface area contributed by atoms with E-state index in [2.05, 4.69) is 20.3 Å². The van der Waals surface area contributed by atoms with Crippen LogP contribution in [-0.4, -0.2) is 93.1 Å². The van der Waals surface area contributed by atoms with E-state index in [4.69, 9.17) is 9.47 Å². The smallest absolute Gasteiger partial charge is 0.409 e. The molecule has 3 aromatic rings. The Labute approximate surface area is 254 Å². The molecule has 3 heterocycles. The molecule has 228 valence electrons. The Bertz CT molecular complexity index is 1420. The van der Waals surface area contributed by atoms with E-state index in [1.54, 1.807) is 38.8 Å². The second-order valence-corrected chi connectivity index (χ2v) is 11.7. The molecule has 1 aliphatic heterocycles. The molecule has 1 N–H and O–H groups in total. The van der Waals surface area contributed by atoms with E-state index < -0.39 is 29.6 Å². The summed E-state index contributed by atoms with van der Waals surface area (Å²) in [6, 6.07) is 9.75. The molecule has 1 atom stereocenters. The van der Waals surface area contributed by atoms with Gasteiger partial charge in [-0.3, -0.25) is 14.4 Å². The fraction of sp³-hybridized carbons (Fsp3) is 0.433. The number of carbonyl (C=O) groups excluding carboxylic acids is 4. The fourth-order valence-corrected chi connectivity index (χ4v) is 5.03. The number of nitrogens with zero attached hydrogens (tertiary/aromatic N) is 5. The Balaban J connectivity index is 1.56. The number of aromatic nitrogens is 3. The van der Waals surface area contributed by atoms with Crippen LogP contribution < -0.4 is 5.32 Å². The van der Waals surface area contributed by atoms with Crippen LogP contribution >= 0.6 is 11.3 Å². The number of esters is 1. The molecule has 1 aliphatic rings. The van der Waals surface area contributed by atoms with Gasteiger partial charge in [0.15, 0.2) is 5.82 Å². The summed E-state index contributed by atoms with van der Waals surface area (Å²) >= 11 is 1.38. The number of hydrogen-bond donors (Lipinski definition) is 1. The van der Waals surface area contributed by atoms with Crippen LogP contribution in [0.1, 0.15) is 51.0 Å². The molecule has 1 saturated heterocycles. The minimum Gasteiger partial charge on any atom is -0.460 e. The van der Waals surface area contributed by atoms with Gasteiger partial charge in [0.2, 0.25) is 5.91 Å². The number of ether oxygens (including phenoxy) is 2. The summed E-state index contributed by atoms with van der Waals surface area (Å²) in [7, 11) is 0. The molecule has 0 saturated carbocycles. The fourth-order valence-electron chi connectivity index (χ4n) is 4.43. The molecular formula is C30H36N6O6S. The quantitative estimate of drug-likeness (QED) is 0.359. The minimum absolute atomic E-state index is 0.0214. The lowest BCUT2D eigenvalue weighted by Gasteiger charge is -2.36. The van der Waals surface area contributed by atoms with Crippen molar-refractivity contribution in [1.29, 1.82) is 0 Å². The van der Waals surface area contributed by atoms with E-state index in [1.165, 1.54) is 22.3 Å². The van der Waals surface area contributed by atoms with Gasteiger partial charge in [0.1, 0.15) is 28.0 Å². The standard InChI is InChI=1S/C30H36N6O6S/c1-5-41-29(40)36-16-14-35(15-17-36)28(39)21(11-12-24(37)42-30(2,3)4)34-26(38)22-19-23(27-31-13-18-43-27)33-25(32-22)20-9-7-6-8-10-20/h6-10,13,18-19,21H,5,11-12,14-17H2,1-4H3,(H,34,38). The van der Waals surface area contributed by atoms with Gasteiger partial charge in [0.05, 0.1) is 6.61 Å². The summed E-state index contributed by atoms with van der Waals surface area (Å²) in [5.74, 6) is -1.10. The number of rotatable bonds is 9. The van der Waals surface area contributed by atoms with Crippen LogP contribution in [0, 0.1) is 0 Å². The lowest BCUT2D eigenvalue weighted by atomic mass is 10.1. The number of nitrogens with one attached hydrogen (secondary N) is 1. The van der Waals surface area contributed by atoms with Crippen LogP contribution in [0.4, 0.5) is 4.79 Å². The first-order valence-electron chi connectivity index (χ1n) is 14.1. The molecule has 0 spiro atoms. The van der Waals surface area contributed by atoms with Crippen molar-refractivity contribution in [1.82, 2.24) is 30.1 Å². The second kappa shape index (κ2) is 14.2. The zero-order chi connectivity index (χ0) is 31.0. The molecule has 0 bridgehead atoms. The Morgan fingerprint density at radius 1 is 1.02 bits per heavy atom. The van der Waals surface area contributed by atoms with E-state index in [1.807, 2.05) is 35.7 Å². The molecule has 1 unspecified atom stereocenters. The molecule has 1 fully saturated rings. The molecule has 0 aliphatic carbocycles. The van der Waals surface area contributed by atoms with E-state index >= 15 is 0 Å². The Morgan fingerprint density at radius 3 is 2.35 bits per heavy atom. The average Bonchev–Trinajstić information content (AvgIpc) is 3.54. The van der Waals surface area contributed by atoms with Crippen LogP contribution in [0.25, 0.3) is 22.1 Å². The summed E-state index contributed by atoms with van der Waals surface area (Å²) in [6.07, 6.45) is 1.16. The van der Waals surface area contributed by atoms with Crippen molar-refractivity contribution in [2.45, 2.75) is 52.2 Å². The maximum atomic E-state index is 13.7. The van der Waals surface area contributed by atoms with Crippen LogP contribution in [0.5, 0.6) is 0 Å². The predicted molar refractivity (Wildman–Crippen MR) is 160 cm³/mol. The molecule has 43 heavy (non-hydrogen) atoms. The highest BCUT2D eigenvalue weighted by atomic mass is 32.1. The van der Waals surface area contributed by atoms with Crippen molar-refractivity contribution < 1.29 is 28.7 Å². The van der Waals surface area contributed by atoms with Gasteiger partial charge < -0.3 is 24.6 Å². The third-order valence-corrected chi connectivity index (χ3v) is 7.22. The summed E-state index contributed by atoms with van der Waals surface area (Å²) in [6.45, 7) is 8.38. The van der Waals surface area contributed by atoms with Gasteiger partial charge >= 0.3 is 12.1 Å². The minimum atomic E-state index is -1.03. The summed E-state index contributed by atoms with van der Waals surface area (Å²) in [5, 5.41) is 5.23. The van der Waals surface area contributed by atoms with Gasteiger partial charge in [-0.05, 0) is 40.2 Å². The summed E-state index contributed by atoms with van der Waals surface area (Å²) < 4.78 is 10.5. The molecule has 1 aromatic carbocycles. The van der Waals surface area contributed by atoms with Gasteiger partial charge in [-0.15, -0.1) is 11.3 Å². The molecular weight excluding hydrogens is 572 g/mol. The summed E-state index contributed by atoms with van der Waals surface area (Å²) in [4.78, 5) is 68.6. The third kappa shape index (κ3) is 8.80. The van der Waals surface area contributed by atoms with Crippen molar-refractivity contribution in [2.75, 3.05) is 32.8 Å². The number of thiazole rings is 1. The van der Waals surface area contributed by atoms with Crippen LogP contribution in [0.15, 0.2) is 48.0 Å². The Morgan fingerprint density at radius 2 is 1.72 bits per heavy atom. The van der Waals surface area contributed by atoms with Gasteiger partial charge in [-0.2, -0.15) is 0 Å². The predicted octanol–water partition coefficient (Wildman–Crippen LogP) is 3.79. The molecule has 0 radical (unpaired) electrons. The highest BCUT2D eigenvalue weighted by Gasteiger charge is 2.32. The second-order valence-electron chi connectivity index (χ2n) is 10.8. The Hall–Kier alpha value is -4.39. The first-order chi connectivity index (χ1) is 20.5. The lowest BCUT2D eigenvalue weighted by molar-refractivity contribution is -0.155. The van der Waals surface area contributed by atoms with Crippen LogP contribution in [0.3, 0.4) is 0 Å². The highest BCUT2D eigenvalue weighted by molar-refractivity contribution is 7.13. The van der Waals surface area contributed by atoms with Gasteiger partial charge in [0.25, 0.3) is 5.91 Å². The molecule has 12 nitrogen and oxygen atoms in total. The zero-order valence-corrected chi connectivity index (χ0v) is 25.6. The van der Waals surface area contributed by atoms with Crippen LogP contribution in [-0.2, 0) is 19.1 Å². The van der Waals surface area contributed by atoms with E-state index in [0.29, 0.717) is 35.2 Å². The Kier molecular flexibility index (Phi) is 10.4. The maximum absolute atomic E-state index is 13.7. The zero-order valence-electron chi connectivity index (χ0n) is 24.7. The first kappa shape index (κ1) is 31.5. The normalized spacial score (nSPS) is 14.1. The largest absolute Gasteiger partial charge is 0.460 e. The van der Waals surface area contributed by atoms with Crippen LogP contribution in [0.2, 0.25) is 0 Å². The van der Waals surface area contributed by atoms with Crippen molar-refractivity contribution in [3.63, 3.8) is 0 Å². The first-order valence-corrected chi connectivity index (χ1v) is 15.0. The number of piperazine rings is 1. The van der Waals surface area contributed by atoms with E-state index in [-0.39, 0.29) is 44.1 Å². The van der Waals surface area contributed by atoms with Gasteiger partial charge in [-0.1, -0.05) is 30.3 Å². The summed E-state index contributed by atoms with van der Waals surface area (Å²) in [5.41, 5.74) is 0.554. The monoisotopic (exact) mass is 608 g/mol. The molecule has 3 amide bonds. The topological polar surface area (TPSA) is 144 Å². The maximum Gasteiger partial charge on any atom is 0.409 e. The third-order valence-electron chi connectivity index (χ3n) is 6.42. The highest BCUT2D eigenvalue weighted by Crippen LogP contribution is 2.24. The van der Waals surface area contributed by atoms with Crippen molar-refractivity contribution in [3.8, 4) is 22.1 Å². The van der Waals surface area contributed by atoms with Gasteiger partial charge in [-0.25, -0.2) is 19.7 Å². The van der Waals surface area contributed by atoms with E-state index in [0.717, 1.165) is 0 Å². The van der Waals surface area contributed by atoms with Crippen molar-refractivity contribution >= 4 is 35.2 Å². The lowest BCUT2D eigenvalue weighted by Crippen LogP contribution is -2.56. The number of benzene rings is 1. The molecule has 2 aromatic heterocycles. The number of hydrogen-bond acceptors (Lipinski definition) is 10. The molecule has 4 rings (SSSR count). The number of amides is 3. The molecule has 13 heteroatoms.